The van der Waals surface area contributed by atoms with Crippen LogP contribution in [0.1, 0.15) is 0 Å². The number of hydrogen-bond donors (Lipinski definition) is 0. The fourth-order valence-corrected chi connectivity index (χ4v) is 4.11. The molecule has 0 radical (unpaired) electrons. The summed E-state index contributed by atoms with van der Waals surface area (Å²) in [6, 6.07) is 0. The van der Waals surface area contributed by atoms with Crippen LogP contribution in [0, 0.1) is 0 Å². The third-order valence-electron chi connectivity index (χ3n) is 5.59. The molecule has 0 aliphatic heterocycles. The molecule has 0 rings (SSSR count). The van der Waals surface area contributed by atoms with Crippen molar-refractivity contribution in [3.8, 4) is 0 Å². The van der Waals surface area contributed by atoms with Gasteiger partial charge in [0.15, 0.2) is 0 Å². The van der Waals surface area contributed by atoms with E-state index in [1.54, 1.807) is 0 Å². The second kappa shape index (κ2) is 13.8. The van der Waals surface area contributed by atoms with Crippen molar-refractivity contribution in [2.75, 3.05) is 0 Å². The van der Waals surface area contributed by atoms with Gasteiger partial charge in [0, 0.05) is 0 Å². The van der Waals surface area contributed by atoms with Crippen molar-refractivity contribution < 1.29 is 165 Å². The minimum absolute atomic E-state index is 1.07. The molecule has 3 atom stereocenters. The molecule has 0 saturated heterocycles. The van der Waals surface area contributed by atoms with Crippen molar-refractivity contribution in [3.63, 3.8) is 0 Å². The Hall–Kier alpha value is -3.07. The third kappa shape index (κ3) is 8.40. The first-order chi connectivity index (χ1) is 23.6. The number of carbonyl (C=O) groups is 1. The fourth-order valence-electron chi connectivity index (χ4n) is 3.15. The molecule has 3 unspecified atom stereocenters. The quantitative estimate of drug-likeness (QED) is 0.103. The third-order valence-corrected chi connectivity index (χ3v) is 6.45. The van der Waals surface area contributed by atoms with Gasteiger partial charge < -0.3 is 4.74 Å². The molecular weight excluding hydrogens is 954 g/mol. The molecule has 8 nitrogen and oxygen atoms in total. The molecule has 0 aromatic heterocycles. The molecule has 0 amide bonds. The van der Waals surface area contributed by atoms with E-state index < -0.39 is 116 Å². The summed E-state index contributed by atoms with van der Waals surface area (Å²) in [5.74, 6) is -68.1. The minimum Gasteiger partial charge on any atom is -0.441 e. The summed E-state index contributed by atoms with van der Waals surface area (Å²) in [7, 11) is -18.0. The molecule has 0 aliphatic carbocycles. The van der Waals surface area contributed by atoms with Crippen LogP contribution in [0.3, 0.4) is 0 Å². The molecule has 40 heteroatoms. The molecule has 0 spiro atoms. The lowest BCUT2D eigenvalue weighted by Crippen LogP contribution is -2.78. The zero-order chi connectivity index (χ0) is 46.4. The number of halogens is 30. The second-order valence-corrected chi connectivity index (χ2v) is 11.2. The highest BCUT2D eigenvalue weighted by molar-refractivity contribution is 7.81. The SMILES string of the molecule is O=C(C(F)(F)C(F)(F)F)C(F)(OC(=C(F)C(F)(OS(=O)(=O)F)C(F)(C(F)(F)F)C(F)(F)F)C(F)(F)C(F)(F)F)C(F)(OS(=O)(=O)F)C(F)(C(F)(F)F)C(F)(F)F. The van der Waals surface area contributed by atoms with E-state index in [0.29, 0.717) is 0 Å². The number of carbonyl (C=O) groups excluding carboxylic acids is 1. The van der Waals surface area contributed by atoms with Crippen molar-refractivity contribution in [1.82, 2.24) is 0 Å². The van der Waals surface area contributed by atoms with Gasteiger partial charge in [0.1, 0.15) is 0 Å². The van der Waals surface area contributed by atoms with Crippen molar-refractivity contribution in [3.05, 3.63) is 11.6 Å². The van der Waals surface area contributed by atoms with Gasteiger partial charge in [0.25, 0.3) is 5.78 Å². The average molecular weight is 954 g/mol. The summed E-state index contributed by atoms with van der Waals surface area (Å²) in [6.45, 7) is 0. The molecule has 0 aliphatic rings. The molecule has 56 heavy (non-hydrogen) atoms. The highest BCUT2D eigenvalue weighted by Crippen LogP contribution is 2.64. The van der Waals surface area contributed by atoms with E-state index in [4.69, 9.17) is 0 Å². The standard InChI is InChI=1S/C16F30O8S2/c17-1(6(22,53-55(45,48)49)8(24,13(33,34)35)14(36,37)38)2(4(18,19)11(27,28)29)52-7(23,3(47)5(20,21)12(30,31)32)10(26,54-56(46,50)51)9(25,15(39,40)41)16(42,43)44. The number of ether oxygens (including phenoxy) is 1. The van der Waals surface area contributed by atoms with E-state index in [0.717, 1.165) is 4.18 Å². The van der Waals surface area contributed by atoms with Gasteiger partial charge in [-0.1, -0.05) is 7.77 Å². The van der Waals surface area contributed by atoms with Gasteiger partial charge in [0.2, 0.25) is 11.6 Å². The van der Waals surface area contributed by atoms with Crippen LogP contribution in [0.4, 0.5) is 131 Å². The van der Waals surface area contributed by atoms with Gasteiger partial charge in [0.05, 0.1) is 0 Å². The summed E-state index contributed by atoms with van der Waals surface area (Å²) in [5.41, 5.74) is -19.3. The van der Waals surface area contributed by atoms with Gasteiger partial charge in [-0.3, -0.25) is 4.79 Å². The molecule has 0 saturated carbocycles. The van der Waals surface area contributed by atoms with E-state index >= 15 is 17.6 Å². The topological polar surface area (TPSA) is 113 Å². The summed E-state index contributed by atoms with van der Waals surface area (Å²) in [6.07, 6.45) is -54.0. The predicted octanol–water partition coefficient (Wildman–Crippen LogP) is 8.27. The Balaban J connectivity index is 10.1. The zero-order valence-corrected chi connectivity index (χ0v) is 25.1. The Morgan fingerprint density at radius 2 is 0.679 bits per heavy atom. The van der Waals surface area contributed by atoms with E-state index in [1.165, 1.54) is 8.92 Å². The van der Waals surface area contributed by atoms with Crippen LogP contribution in [0.15, 0.2) is 11.6 Å². The largest absolute Gasteiger partial charge is 0.461 e. The number of hydrogen-bond acceptors (Lipinski definition) is 8. The van der Waals surface area contributed by atoms with Crippen LogP contribution in [0.2, 0.25) is 0 Å². The molecule has 0 bridgehead atoms. The maximum atomic E-state index is 15.8. The monoisotopic (exact) mass is 954 g/mol. The van der Waals surface area contributed by atoms with Crippen LogP contribution >= 0.6 is 0 Å². The average Bonchev–Trinajstić information content (AvgIpc) is 2.87. The van der Waals surface area contributed by atoms with Gasteiger partial charge in [-0.05, 0) is 0 Å². The van der Waals surface area contributed by atoms with Crippen LogP contribution in [-0.4, -0.2) is 100 Å². The fraction of sp³-hybridized carbons (Fsp3) is 0.812. The van der Waals surface area contributed by atoms with Gasteiger partial charge in [-0.2, -0.15) is 135 Å². The van der Waals surface area contributed by atoms with E-state index in [2.05, 4.69) is 0 Å². The Morgan fingerprint density at radius 3 is 0.911 bits per heavy atom. The summed E-state index contributed by atoms with van der Waals surface area (Å²) >= 11 is 0. The lowest BCUT2D eigenvalue weighted by atomic mass is 9.84. The number of Topliss-reactive ketones (excluding diaryl/α,β-unsaturated/α-hetero) is 1. The Morgan fingerprint density at radius 1 is 0.393 bits per heavy atom. The molecule has 334 valence electrons. The van der Waals surface area contributed by atoms with Gasteiger partial charge in [-0.25, -0.2) is 13.2 Å². The number of alkyl halides is 27. The second-order valence-electron chi connectivity index (χ2n) is 9.27. The molecule has 0 aromatic rings. The molecule has 0 fully saturated rings. The first-order valence-electron chi connectivity index (χ1n) is 11.1. The smallest absolute Gasteiger partial charge is 0.441 e. The lowest BCUT2D eigenvalue weighted by molar-refractivity contribution is -0.443. The molecule has 0 heterocycles. The Labute approximate surface area is 282 Å². The molecule has 0 N–H and O–H groups in total. The summed E-state index contributed by atoms with van der Waals surface area (Å²) in [4.78, 5) is 11.8. The van der Waals surface area contributed by atoms with E-state index in [-0.39, 0.29) is 0 Å². The maximum absolute atomic E-state index is 15.8. The summed E-state index contributed by atoms with van der Waals surface area (Å²) < 4.78 is 456. The predicted molar refractivity (Wildman–Crippen MR) is 102 cm³/mol. The van der Waals surface area contributed by atoms with Crippen LogP contribution in [0.5, 0.6) is 0 Å². The Bertz CT molecular complexity index is 1720. The number of ketones is 1. The summed E-state index contributed by atoms with van der Waals surface area (Å²) in [5, 5.41) is 0. The van der Waals surface area contributed by atoms with Crippen molar-refractivity contribution in [2.24, 2.45) is 0 Å². The number of allylic oxidation sites excluding steroid dienone is 1. The molecule has 0 aromatic carbocycles. The van der Waals surface area contributed by atoms with Gasteiger partial charge >= 0.3 is 98.8 Å². The van der Waals surface area contributed by atoms with Crippen molar-refractivity contribution in [1.29, 1.82) is 0 Å². The van der Waals surface area contributed by atoms with Crippen LogP contribution < -0.4 is 0 Å². The highest BCUT2D eigenvalue weighted by Gasteiger charge is 2.95. The van der Waals surface area contributed by atoms with E-state index in [1.807, 2.05) is 0 Å². The lowest BCUT2D eigenvalue weighted by Gasteiger charge is -2.46. The van der Waals surface area contributed by atoms with Crippen LogP contribution in [0.25, 0.3) is 0 Å². The first-order valence-corrected chi connectivity index (χ1v) is 13.7. The van der Waals surface area contributed by atoms with Crippen molar-refractivity contribution in [2.45, 2.75) is 77.8 Å². The zero-order valence-electron chi connectivity index (χ0n) is 23.4. The van der Waals surface area contributed by atoms with E-state index in [9.17, 15) is 135 Å². The van der Waals surface area contributed by atoms with Crippen LogP contribution in [-0.2, 0) is 38.9 Å². The minimum atomic E-state index is -9.92. The van der Waals surface area contributed by atoms with Crippen molar-refractivity contribution >= 4 is 26.8 Å². The highest BCUT2D eigenvalue weighted by atomic mass is 32.3. The maximum Gasteiger partial charge on any atom is 0.461 e. The van der Waals surface area contributed by atoms with Gasteiger partial charge in [-0.15, -0.1) is 0 Å². The Kier molecular flexibility index (Phi) is 13.0. The number of rotatable bonds is 13. The normalized spacial score (nSPS) is 19.4. The molecular formula is C16F30O8S2. The first kappa shape index (κ1) is 52.9.